The number of rotatable bonds is 7. The number of nitrogens with two attached hydrogens (primary N) is 1. The molecular weight excluding hydrogens is 597 g/mol. The van der Waals surface area contributed by atoms with Crippen molar-refractivity contribution in [3.8, 4) is 39.3 Å². The second-order valence-corrected chi connectivity index (χ2v) is 12.0. The van der Waals surface area contributed by atoms with Crippen molar-refractivity contribution in [1.82, 2.24) is 24.8 Å². The van der Waals surface area contributed by atoms with Gasteiger partial charge < -0.3 is 5.73 Å². The minimum atomic E-state index is -4.00. The Kier molecular flexibility index (Phi) is 7.18. The Morgan fingerprint density at radius 1 is 0.951 bits per heavy atom. The van der Waals surface area contributed by atoms with Crippen molar-refractivity contribution in [3.05, 3.63) is 88.7 Å². The predicted octanol–water partition coefficient (Wildman–Crippen LogP) is 5.29. The minimum Gasteiger partial charge on any atom is -0.364 e. The summed E-state index contributed by atoms with van der Waals surface area (Å²) < 4.78 is 56.0. The number of halogens is 4. The largest absolute Gasteiger partial charge is 0.367 e. The number of carbonyl (C=O) groups is 1. The highest BCUT2D eigenvalue weighted by Crippen LogP contribution is 2.38. The zero-order chi connectivity index (χ0) is 29.7. The van der Waals surface area contributed by atoms with Gasteiger partial charge in [-0.2, -0.15) is 13.9 Å². The molecular formula is C27H20Cl2F2N6O3S. The molecule has 5 aromatic rings. The van der Waals surface area contributed by atoms with E-state index < -0.39 is 27.4 Å². The number of primary amides is 1. The van der Waals surface area contributed by atoms with Crippen LogP contribution >= 0.6 is 23.2 Å². The molecule has 3 aromatic carbocycles. The normalized spacial score (nSPS) is 12.0. The lowest BCUT2D eigenvalue weighted by Gasteiger charge is -2.15. The molecule has 2 N–H and O–H groups in total. The number of amides is 1. The Labute approximate surface area is 243 Å². The van der Waals surface area contributed by atoms with Crippen LogP contribution in [0.4, 0.5) is 8.78 Å². The molecule has 0 aliphatic rings. The van der Waals surface area contributed by atoms with Crippen molar-refractivity contribution < 1.29 is 22.0 Å². The van der Waals surface area contributed by atoms with Crippen molar-refractivity contribution in [3.63, 3.8) is 0 Å². The molecule has 0 spiro atoms. The Bertz CT molecular complexity index is 1940. The lowest BCUT2D eigenvalue weighted by molar-refractivity contribution is -0.143. The van der Waals surface area contributed by atoms with Gasteiger partial charge in [0.2, 0.25) is 0 Å². The fourth-order valence-corrected chi connectivity index (χ4v) is 5.47. The lowest BCUT2D eigenvalue weighted by Crippen LogP contribution is -2.33. The fraction of sp³-hybridized carbons (Fsp3) is 0.111. The summed E-state index contributed by atoms with van der Waals surface area (Å²) >= 11 is 12.6. The molecule has 2 aromatic heterocycles. The number of carbonyl (C=O) groups excluding carboxylic acids is 1. The van der Waals surface area contributed by atoms with Crippen LogP contribution in [0.25, 0.3) is 39.3 Å². The third kappa shape index (κ3) is 5.33. The fourth-order valence-electron chi connectivity index (χ4n) is 4.30. The molecule has 0 aliphatic heterocycles. The topological polar surface area (TPSA) is 126 Å². The van der Waals surface area contributed by atoms with Gasteiger partial charge in [-0.05, 0) is 53.6 Å². The molecule has 14 heteroatoms. The first-order chi connectivity index (χ1) is 19.3. The van der Waals surface area contributed by atoms with E-state index in [1.165, 1.54) is 34.7 Å². The summed E-state index contributed by atoms with van der Waals surface area (Å²) in [6.45, 7) is 0. The number of alkyl halides is 2. The second kappa shape index (κ2) is 10.4. The van der Waals surface area contributed by atoms with Gasteiger partial charge in [0.05, 0.1) is 33.2 Å². The lowest BCUT2D eigenvalue weighted by atomic mass is 10.00. The molecule has 0 saturated heterocycles. The van der Waals surface area contributed by atoms with E-state index >= 15 is 0 Å². The van der Waals surface area contributed by atoms with Gasteiger partial charge in [0.25, 0.3) is 5.91 Å². The summed E-state index contributed by atoms with van der Waals surface area (Å²) in [4.78, 5) is 11.6. The first kappa shape index (κ1) is 28.4. The van der Waals surface area contributed by atoms with E-state index in [1.54, 1.807) is 48.5 Å². The Hall–Kier alpha value is -4.13. The van der Waals surface area contributed by atoms with Gasteiger partial charge in [0.15, 0.2) is 9.84 Å². The number of aromatic nitrogens is 5. The van der Waals surface area contributed by atoms with E-state index in [4.69, 9.17) is 28.9 Å². The summed E-state index contributed by atoms with van der Waals surface area (Å²) in [5.74, 6) is -5.84. The van der Waals surface area contributed by atoms with Gasteiger partial charge >= 0.3 is 5.92 Å². The summed E-state index contributed by atoms with van der Waals surface area (Å²) in [5, 5.41) is 12.9. The summed E-state index contributed by atoms with van der Waals surface area (Å²) in [6.07, 6.45) is 2.59. The Morgan fingerprint density at radius 3 is 2.34 bits per heavy atom. The van der Waals surface area contributed by atoms with Crippen LogP contribution in [0.5, 0.6) is 0 Å². The number of hydrogen-bond acceptors (Lipinski definition) is 6. The molecule has 41 heavy (non-hydrogen) atoms. The molecule has 0 unspecified atom stereocenters. The standard InChI is InChI=1S/C27H20Cl2F2N6O3S/c1-36-22(13-25(34-36)27(30,31)26(32)38)20-8-6-16(15-4-3-5-18(10-15)41(2,39)40)11-23(20)37-24(14-33-35-37)19-9-7-17(28)12-21(19)29/h3-14H,1-2H3,(H2,32,38). The third-order valence-corrected chi connectivity index (χ3v) is 8.02. The van der Waals surface area contributed by atoms with Crippen molar-refractivity contribution in [2.24, 2.45) is 12.8 Å². The number of aryl methyl sites for hydroxylation is 1. The molecule has 1 amide bonds. The molecule has 210 valence electrons. The highest BCUT2D eigenvalue weighted by atomic mass is 35.5. The average Bonchev–Trinajstić information content (AvgIpc) is 3.55. The molecule has 0 fully saturated rings. The summed E-state index contributed by atoms with van der Waals surface area (Å²) in [5.41, 5.74) is 7.27. The zero-order valence-electron chi connectivity index (χ0n) is 21.4. The van der Waals surface area contributed by atoms with Crippen LogP contribution in [-0.4, -0.2) is 45.4 Å². The summed E-state index contributed by atoms with van der Waals surface area (Å²) in [7, 11) is -2.04. The van der Waals surface area contributed by atoms with Gasteiger partial charge in [-0.3, -0.25) is 9.48 Å². The highest BCUT2D eigenvalue weighted by Gasteiger charge is 2.42. The first-order valence-electron chi connectivity index (χ1n) is 11.8. The van der Waals surface area contributed by atoms with Crippen LogP contribution < -0.4 is 5.73 Å². The van der Waals surface area contributed by atoms with E-state index in [-0.39, 0.29) is 10.6 Å². The van der Waals surface area contributed by atoms with Crippen molar-refractivity contribution in [1.29, 1.82) is 0 Å². The van der Waals surface area contributed by atoms with Gasteiger partial charge in [0.1, 0.15) is 5.69 Å². The molecule has 0 saturated carbocycles. The molecule has 5 rings (SSSR count). The molecule has 2 heterocycles. The highest BCUT2D eigenvalue weighted by molar-refractivity contribution is 7.90. The number of benzene rings is 3. The van der Waals surface area contributed by atoms with E-state index in [2.05, 4.69) is 15.4 Å². The van der Waals surface area contributed by atoms with Crippen LogP contribution in [-0.2, 0) is 27.6 Å². The van der Waals surface area contributed by atoms with Crippen LogP contribution in [0.1, 0.15) is 5.69 Å². The van der Waals surface area contributed by atoms with E-state index in [9.17, 15) is 22.0 Å². The smallest absolute Gasteiger partial charge is 0.364 e. The number of hydrogen-bond donors (Lipinski definition) is 1. The SMILES string of the molecule is Cn1nc(C(F)(F)C(N)=O)cc1-c1ccc(-c2cccc(S(C)(=O)=O)c2)cc1-n1nncc1-c1ccc(Cl)cc1Cl. The maximum Gasteiger partial charge on any atom is 0.367 e. The van der Waals surface area contributed by atoms with Crippen LogP contribution in [0, 0.1) is 0 Å². The van der Waals surface area contributed by atoms with Crippen molar-refractivity contribution in [2.45, 2.75) is 10.8 Å². The maximum atomic E-state index is 14.5. The van der Waals surface area contributed by atoms with Crippen LogP contribution in [0.2, 0.25) is 10.0 Å². The third-order valence-electron chi connectivity index (χ3n) is 6.36. The monoisotopic (exact) mass is 616 g/mol. The van der Waals surface area contributed by atoms with E-state index in [0.717, 1.165) is 12.3 Å². The first-order valence-corrected chi connectivity index (χ1v) is 14.5. The van der Waals surface area contributed by atoms with Crippen LogP contribution in [0.3, 0.4) is 0 Å². The molecule has 0 radical (unpaired) electrons. The van der Waals surface area contributed by atoms with E-state index in [1.807, 2.05) is 0 Å². The second-order valence-electron chi connectivity index (χ2n) is 9.16. The van der Waals surface area contributed by atoms with E-state index in [0.29, 0.717) is 43.7 Å². The van der Waals surface area contributed by atoms with Crippen molar-refractivity contribution >= 4 is 38.9 Å². The Balaban J connectivity index is 1.76. The number of nitrogens with zero attached hydrogens (tertiary/aromatic N) is 5. The maximum absolute atomic E-state index is 14.5. The minimum absolute atomic E-state index is 0.125. The quantitative estimate of drug-likeness (QED) is 0.265. The zero-order valence-corrected chi connectivity index (χ0v) is 23.7. The van der Waals surface area contributed by atoms with Gasteiger partial charge in [-0.1, -0.05) is 52.7 Å². The van der Waals surface area contributed by atoms with Crippen molar-refractivity contribution in [2.75, 3.05) is 6.26 Å². The molecule has 9 nitrogen and oxygen atoms in total. The van der Waals surface area contributed by atoms with Crippen LogP contribution in [0.15, 0.2) is 77.8 Å². The van der Waals surface area contributed by atoms with Gasteiger partial charge in [-0.15, -0.1) is 5.10 Å². The molecule has 0 atom stereocenters. The Morgan fingerprint density at radius 2 is 1.66 bits per heavy atom. The molecule has 0 bridgehead atoms. The summed E-state index contributed by atoms with van der Waals surface area (Å²) in [6, 6.07) is 17.4. The van der Waals surface area contributed by atoms with Gasteiger partial charge in [-0.25, -0.2) is 13.1 Å². The number of sulfone groups is 1. The predicted molar refractivity (Wildman–Crippen MR) is 151 cm³/mol. The molecule has 0 aliphatic carbocycles. The average molecular weight is 617 g/mol. The van der Waals surface area contributed by atoms with Gasteiger partial charge in [0, 0.05) is 29.5 Å².